The monoisotopic (exact) mass is 245 g/mol. The molecule has 1 aromatic carbocycles. The highest BCUT2D eigenvalue weighted by atomic mass is 32.2. The number of benzene rings is 1. The van der Waals surface area contributed by atoms with Crippen molar-refractivity contribution in [1.29, 1.82) is 0 Å². The molecule has 0 saturated heterocycles. The van der Waals surface area contributed by atoms with Crippen LogP contribution in [0.1, 0.15) is 13.3 Å². The lowest BCUT2D eigenvalue weighted by Crippen LogP contribution is -2.12. The van der Waals surface area contributed by atoms with Gasteiger partial charge < -0.3 is 5.32 Å². The molecule has 0 bridgehead atoms. The number of sulfone groups is 1. The van der Waals surface area contributed by atoms with Crippen molar-refractivity contribution < 1.29 is 12.8 Å². The Hall–Kier alpha value is -1.10. The molecule has 0 aliphatic rings. The number of nitrogens with one attached hydrogen (secondary N) is 1. The molecule has 1 rings (SSSR count). The van der Waals surface area contributed by atoms with Crippen LogP contribution in [0, 0.1) is 5.82 Å². The molecule has 0 spiro atoms. The Bertz CT molecular complexity index is 431. The molecular weight excluding hydrogens is 229 g/mol. The van der Waals surface area contributed by atoms with Gasteiger partial charge in [0.1, 0.15) is 15.7 Å². The van der Waals surface area contributed by atoms with E-state index in [1.165, 1.54) is 12.1 Å². The van der Waals surface area contributed by atoms with Gasteiger partial charge in [-0.3, -0.25) is 0 Å². The lowest BCUT2D eigenvalue weighted by Gasteiger charge is -2.06. The van der Waals surface area contributed by atoms with Crippen LogP contribution in [0.4, 0.5) is 10.1 Å². The van der Waals surface area contributed by atoms with Crippen LogP contribution in [0.2, 0.25) is 0 Å². The highest BCUT2D eigenvalue weighted by molar-refractivity contribution is 7.91. The molecular formula is C11H16FNO2S. The topological polar surface area (TPSA) is 46.2 Å². The minimum Gasteiger partial charge on any atom is -0.385 e. The van der Waals surface area contributed by atoms with Crippen LogP contribution in [0.3, 0.4) is 0 Å². The third-order valence-corrected chi connectivity index (χ3v) is 4.02. The number of rotatable bonds is 6. The molecule has 0 aliphatic carbocycles. The average Bonchev–Trinajstić information content (AvgIpc) is 2.25. The van der Waals surface area contributed by atoms with E-state index in [9.17, 15) is 12.8 Å². The molecule has 0 fully saturated rings. The smallest absolute Gasteiger partial charge is 0.150 e. The molecule has 0 saturated carbocycles. The zero-order valence-electron chi connectivity index (χ0n) is 9.24. The second kappa shape index (κ2) is 5.84. The van der Waals surface area contributed by atoms with Crippen LogP contribution >= 0.6 is 0 Å². The van der Waals surface area contributed by atoms with Crippen molar-refractivity contribution in [2.45, 2.75) is 13.3 Å². The van der Waals surface area contributed by atoms with Gasteiger partial charge in [-0.15, -0.1) is 0 Å². The van der Waals surface area contributed by atoms with Gasteiger partial charge in [0.2, 0.25) is 0 Å². The maximum absolute atomic E-state index is 12.8. The molecule has 0 heterocycles. The van der Waals surface area contributed by atoms with E-state index in [2.05, 4.69) is 5.32 Å². The SMILES string of the molecule is CCS(=O)(=O)CCCNc1cccc(F)c1. The van der Waals surface area contributed by atoms with Crippen molar-refractivity contribution in [3.8, 4) is 0 Å². The molecule has 0 amide bonds. The summed E-state index contributed by atoms with van der Waals surface area (Å²) in [5.41, 5.74) is 0.675. The summed E-state index contributed by atoms with van der Waals surface area (Å²) in [5.74, 6) is 0.0462. The summed E-state index contributed by atoms with van der Waals surface area (Å²) in [6.07, 6.45) is 0.534. The van der Waals surface area contributed by atoms with E-state index in [1.807, 2.05) is 0 Å². The van der Waals surface area contributed by atoms with Crippen LogP contribution < -0.4 is 5.32 Å². The van der Waals surface area contributed by atoms with E-state index in [1.54, 1.807) is 19.1 Å². The second-order valence-electron chi connectivity index (χ2n) is 3.53. The van der Waals surface area contributed by atoms with E-state index < -0.39 is 9.84 Å². The first-order chi connectivity index (χ1) is 7.53. The first-order valence-corrected chi connectivity index (χ1v) is 7.05. The zero-order valence-corrected chi connectivity index (χ0v) is 10.1. The van der Waals surface area contributed by atoms with Crippen molar-refractivity contribution >= 4 is 15.5 Å². The number of hydrogen-bond donors (Lipinski definition) is 1. The number of anilines is 1. The molecule has 0 radical (unpaired) electrons. The lowest BCUT2D eigenvalue weighted by atomic mass is 10.3. The number of hydrogen-bond acceptors (Lipinski definition) is 3. The summed E-state index contributed by atoms with van der Waals surface area (Å²) in [6.45, 7) is 2.16. The van der Waals surface area contributed by atoms with Gasteiger partial charge in [-0.25, -0.2) is 12.8 Å². The van der Waals surface area contributed by atoms with Gasteiger partial charge in [-0.1, -0.05) is 13.0 Å². The molecule has 3 nitrogen and oxygen atoms in total. The van der Waals surface area contributed by atoms with E-state index in [-0.39, 0.29) is 17.3 Å². The second-order valence-corrected chi connectivity index (χ2v) is 6.00. The molecule has 0 aromatic heterocycles. The van der Waals surface area contributed by atoms with Crippen LogP contribution in [-0.2, 0) is 9.84 Å². The first-order valence-electron chi connectivity index (χ1n) is 5.23. The van der Waals surface area contributed by atoms with Crippen molar-refractivity contribution in [3.05, 3.63) is 30.1 Å². The molecule has 0 aliphatic heterocycles. The third-order valence-electron chi connectivity index (χ3n) is 2.23. The Kier molecular flexibility index (Phi) is 4.73. The van der Waals surface area contributed by atoms with Crippen LogP contribution in [0.25, 0.3) is 0 Å². The Morgan fingerprint density at radius 3 is 2.75 bits per heavy atom. The van der Waals surface area contributed by atoms with Gasteiger partial charge in [0.05, 0.1) is 5.75 Å². The van der Waals surface area contributed by atoms with Crippen molar-refractivity contribution in [2.75, 3.05) is 23.4 Å². The normalized spacial score (nSPS) is 11.4. The summed E-state index contributed by atoms with van der Waals surface area (Å²) in [5, 5.41) is 2.98. The van der Waals surface area contributed by atoms with Crippen molar-refractivity contribution in [1.82, 2.24) is 0 Å². The lowest BCUT2D eigenvalue weighted by molar-refractivity contribution is 0.595. The standard InChI is InChI=1S/C11H16FNO2S/c1-2-16(14,15)8-4-7-13-11-6-3-5-10(12)9-11/h3,5-6,9,13H,2,4,7-8H2,1H3. The fraction of sp³-hybridized carbons (Fsp3) is 0.455. The molecule has 0 atom stereocenters. The van der Waals surface area contributed by atoms with Gasteiger partial charge in [0.15, 0.2) is 0 Å². The predicted octanol–water partition coefficient (Wildman–Crippen LogP) is 2.06. The van der Waals surface area contributed by atoms with E-state index in [0.717, 1.165) is 0 Å². The summed E-state index contributed by atoms with van der Waals surface area (Å²) >= 11 is 0. The van der Waals surface area contributed by atoms with E-state index in [4.69, 9.17) is 0 Å². The summed E-state index contributed by atoms with van der Waals surface area (Å²) in [7, 11) is -2.90. The predicted molar refractivity (Wildman–Crippen MR) is 63.8 cm³/mol. The summed E-state index contributed by atoms with van der Waals surface area (Å²) < 4.78 is 35.1. The minimum absolute atomic E-state index is 0.172. The van der Waals surface area contributed by atoms with Gasteiger partial charge in [-0.05, 0) is 24.6 Å². The molecule has 5 heteroatoms. The fourth-order valence-corrected chi connectivity index (χ4v) is 2.14. The summed E-state index contributed by atoms with van der Waals surface area (Å²) in [6, 6.07) is 6.11. The van der Waals surface area contributed by atoms with Crippen LogP contribution in [0.5, 0.6) is 0 Å². The zero-order chi connectivity index (χ0) is 12.0. The molecule has 1 aromatic rings. The van der Waals surface area contributed by atoms with Crippen molar-refractivity contribution in [3.63, 3.8) is 0 Å². The van der Waals surface area contributed by atoms with Gasteiger partial charge in [-0.2, -0.15) is 0 Å². The van der Waals surface area contributed by atoms with Crippen LogP contribution in [-0.4, -0.2) is 26.5 Å². The third kappa shape index (κ3) is 4.61. The minimum atomic E-state index is -2.90. The Balaban J connectivity index is 2.32. The van der Waals surface area contributed by atoms with Gasteiger partial charge in [0.25, 0.3) is 0 Å². The molecule has 90 valence electrons. The summed E-state index contributed by atoms with van der Waals surface area (Å²) in [4.78, 5) is 0. The van der Waals surface area contributed by atoms with E-state index in [0.29, 0.717) is 18.7 Å². The highest BCUT2D eigenvalue weighted by Crippen LogP contribution is 2.08. The molecule has 0 unspecified atom stereocenters. The maximum atomic E-state index is 12.8. The largest absolute Gasteiger partial charge is 0.385 e. The quantitative estimate of drug-likeness (QED) is 0.780. The van der Waals surface area contributed by atoms with Gasteiger partial charge in [0, 0.05) is 18.0 Å². The van der Waals surface area contributed by atoms with Crippen molar-refractivity contribution in [2.24, 2.45) is 0 Å². The number of halogens is 1. The Morgan fingerprint density at radius 2 is 2.12 bits per heavy atom. The highest BCUT2D eigenvalue weighted by Gasteiger charge is 2.05. The Labute approximate surface area is 95.6 Å². The maximum Gasteiger partial charge on any atom is 0.150 e. The van der Waals surface area contributed by atoms with E-state index >= 15 is 0 Å². The fourth-order valence-electron chi connectivity index (χ4n) is 1.27. The molecule has 1 N–H and O–H groups in total. The first kappa shape index (κ1) is 13.0. The van der Waals surface area contributed by atoms with Crippen LogP contribution in [0.15, 0.2) is 24.3 Å². The average molecular weight is 245 g/mol. The Morgan fingerprint density at radius 1 is 1.38 bits per heavy atom. The molecule has 16 heavy (non-hydrogen) atoms. The van der Waals surface area contributed by atoms with Gasteiger partial charge >= 0.3 is 0 Å².